The second-order valence-electron chi connectivity index (χ2n) is 5.10. The normalized spacial score (nSPS) is 12.1. The first kappa shape index (κ1) is 15.0. The number of rotatable bonds is 4. The minimum absolute atomic E-state index is 0.121. The SMILES string of the molecule is CCn1cc(N)cc1C(=O)N(C)C(C)c1ccccc1O. The Balaban J connectivity index is 2.28. The fourth-order valence-electron chi connectivity index (χ4n) is 2.38. The third-order valence-corrected chi connectivity index (χ3v) is 3.77. The van der Waals surface area contributed by atoms with Crippen molar-refractivity contribution in [2.45, 2.75) is 26.4 Å². The Morgan fingerprint density at radius 3 is 2.71 bits per heavy atom. The monoisotopic (exact) mass is 287 g/mol. The molecule has 0 saturated heterocycles. The largest absolute Gasteiger partial charge is 0.508 e. The van der Waals surface area contributed by atoms with E-state index in [-0.39, 0.29) is 17.7 Å². The fourth-order valence-corrected chi connectivity index (χ4v) is 2.38. The molecule has 21 heavy (non-hydrogen) atoms. The second-order valence-corrected chi connectivity index (χ2v) is 5.10. The minimum atomic E-state index is -0.236. The average molecular weight is 287 g/mol. The van der Waals surface area contributed by atoms with Crippen LogP contribution >= 0.6 is 0 Å². The van der Waals surface area contributed by atoms with Crippen molar-refractivity contribution in [1.29, 1.82) is 0 Å². The van der Waals surface area contributed by atoms with Crippen LogP contribution in [0.4, 0.5) is 5.69 Å². The van der Waals surface area contributed by atoms with E-state index in [2.05, 4.69) is 0 Å². The zero-order valence-electron chi connectivity index (χ0n) is 12.6. The smallest absolute Gasteiger partial charge is 0.270 e. The highest BCUT2D eigenvalue weighted by atomic mass is 16.3. The van der Waals surface area contributed by atoms with Crippen LogP contribution in [0.25, 0.3) is 0 Å². The van der Waals surface area contributed by atoms with E-state index in [1.807, 2.05) is 30.5 Å². The third-order valence-electron chi connectivity index (χ3n) is 3.77. The number of phenolic OH excluding ortho intramolecular Hbond substituents is 1. The molecule has 5 nitrogen and oxygen atoms in total. The van der Waals surface area contributed by atoms with Gasteiger partial charge in [0.1, 0.15) is 11.4 Å². The number of nitrogens with two attached hydrogens (primary N) is 1. The molecule has 2 aromatic rings. The Labute approximate surface area is 124 Å². The number of anilines is 1. The van der Waals surface area contributed by atoms with Crippen LogP contribution in [0.5, 0.6) is 5.75 Å². The number of benzene rings is 1. The maximum absolute atomic E-state index is 12.6. The van der Waals surface area contributed by atoms with Gasteiger partial charge in [-0.1, -0.05) is 18.2 Å². The number of hydrogen-bond acceptors (Lipinski definition) is 3. The van der Waals surface area contributed by atoms with Gasteiger partial charge in [-0.15, -0.1) is 0 Å². The van der Waals surface area contributed by atoms with Crippen LogP contribution in [0.2, 0.25) is 0 Å². The van der Waals surface area contributed by atoms with E-state index in [0.29, 0.717) is 17.9 Å². The lowest BCUT2D eigenvalue weighted by atomic mass is 10.1. The number of phenols is 1. The van der Waals surface area contributed by atoms with Crippen molar-refractivity contribution in [3.8, 4) is 5.75 Å². The highest BCUT2D eigenvalue weighted by Crippen LogP contribution is 2.28. The van der Waals surface area contributed by atoms with E-state index >= 15 is 0 Å². The summed E-state index contributed by atoms with van der Waals surface area (Å²) in [5.41, 5.74) is 7.62. The van der Waals surface area contributed by atoms with Gasteiger partial charge in [-0.05, 0) is 26.0 Å². The summed E-state index contributed by atoms with van der Waals surface area (Å²) in [5, 5.41) is 9.92. The van der Waals surface area contributed by atoms with E-state index in [1.165, 1.54) is 0 Å². The van der Waals surface area contributed by atoms with Crippen LogP contribution in [-0.4, -0.2) is 27.5 Å². The number of amides is 1. The van der Waals surface area contributed by atoms with Crippen LogP contribution < -0.4 is 5.73 Å². The molecule has 0 saturated carbocycles. The molecule has 1 amide bonds. The van der Waals surface area contributed by atoms with Gasteiger partial charge in [0, 0.05) is 25.4 Å². The summed E-state index contributed by atoms with van der Waals surface area (Å²) in [6.07, 6.45) is 1.76. The molecular weight excluding hydrogens is 266 g/mol. The van der Waals surface area contributed by atoms with Gasteiger partial charge in [0.05, 0.1) is 11.7 Å². The molecule has 0 aliphatic rings. The van der Waals surface area contributed by atoms with Gasteiger partial charge >= 0.3 is 0 Å². The summed E-state index contributed by atoms with van der Waals surface area (Å²) in [6.45, 7) is 4.52. The van der Waals surface area contributed by atoms with Crippen molar-refractivity contribution >= 4 is 11.6 Å². The number of carbonyl (C=O) groups excluding carboxylic acids is 1. The Kier molecular flexibility index (Phi) is 4.21. The van der Waals surface area contributed by atoms with Gasteiger partial charge in [-0.3, -0.25) is 4.79 Å². The first-order valence-corrected chi connectivity index (χ1v) is 6.96. The summed E-state index contributed by atoms with van der Waals surface area (Å²) in [7, 11) is 1.72. The third kappa shape index (κ3) is 2.86. The first-order valence-electron chi connectivity index (χ1n) is 6.96. The molecule has 2 rings (SSSR count). The van der Waals surface area contributed by atoms with Crippen LogP contribution in [-0.2, 0) is 6.54 Å². The van der Waals surface area contributed by atoms with Gasteiger partial charge in [0.25, 0.3) is 5.91 Å². The lowest BCUT2D eigenvalue weighted by molar-refractivity contribution is 0.0730. The molecule has 1 aromatic heterocycles. The van der Waals surface area contributed by atoms with Crippen molar-refractivity contribution < 1.29 is 9.90 Å². The van der Waals surface area contributed by atoms with Crippen molar-refractivity contribution in [3.63, 3.8) is 0 Å². The van der Waals surface area contributed by atoms with E-state index in [9.17, 15) is 9.90 Å². The van der Waals surface area contributed by atoms with E-state index in [1.54, 1.807) is 36.3 Å². The standard InChI is InChI=1S/C16H21N3O2/c1-4-19-10-12(17)9-14(19)16(21)18(3)11(2)13-7-5-6-8-15(13)20/h5-11,20H,4,17H2,1-3H3. The zero-order chi connectivity index (χ0) is 15.6. The van der Waals surface area contributed by atoms with E-state index in [4.69, 9.17) is 5.73 Å². The topological polar surface area (TPSA) is 71.5 Å². The number of aromatic hydroxyl groups is 1. The average Bonchev–Trinajstić information content (AvgIpc) is 2.86. The predicted molar refractivity (Wildman–Crippen MR) is 83.1 cm³/mol. The molecule has 1 atom stereocenters. The highest BCUT2D eigenvalue weighted by molar-refractivity contribution is 5.94. The Morgan fingerprint density at radius 1 is 1.43 bits per heavy atom. The number of hydrogen-bond donors (Lipinski definition) is 2. The number of aromatic nitrogens is 1. The molecule has 1 unspecified atom stereocenters. The number of carbonyl (C=O) groups is 1. The number of nitrogens with zero attached hydrogens (tertiary/aromatic N) is 2. The summed E-state index contributed by atoms with van der Waals surface area (Å²) in [6, 6.07) is 8.49. The summed E-state index contributed by atoms with van der Waals surface area (Å²) in [4.78, 5) is 14.2. The van der Waals surface area contributed by atoms with Crippen LogP contribution in [0.15, 0.2) is 36.5 Å². The molecule has 0 aliphatic heterocycles. The van der Waals surface area contributed by atoms with Crippen molar-refractivity contribution in [2.24, 2.45) is 0 Å². The second kappa shape index (κ2) is 5.91. The maximum Gasteiger partial charge on any atom is 0.270 e. The van der Waals surface area contributed by atoms with Crippen LogP contribution in [0, 0.1) is 0 Å². The molecule has 0 spiro atoms. The van der Waals surface area contributed by atoms with Gasteiger partial charge in [-0.25, -0.2) is 0 Å². The van der Waals surface area contributed by atoms with Crippen LogP contribution in [0.3, 0.4) is 0 Å². The number of aryl methyl sites for hydroxylation is 1. The Bertz CT molecular complexity index is 649. The molecule has 0 aliphatic carbocycles. The predicted octanol–water partition coefficient (Wildman–Crippen LogP) is 2.63. The molecule has 3 N–H and O–H groups in total. The summed E-state index contributed by atoms with van der Waals surface area (Å²) in [5.74, 6) is 0.0688. The molecule has 1 heterocycles. The quantitative estimate of drug-likeness (QED) is 0.908. The molecule has 5 heteroatoms. The number of nitrogen functional groups attached to an aromatic ring is 1. The van der Waals surface area contributed by atoms with Gasteiger partial charge in [-0.2, -0.15) is 0 Å². The summed E-state index contributed by atoms with van der Waals surface area (Å²) >= 11 is 0. The molecule has 0 fully saturated rings. The van der Waals surface area contributed by atoms with Crippen LogP contribution in [0.1, 0.15) is 35.9 Å². The van der Waals surface area contributed by atoms with E-state index in [0.717, 1.165) is 5.56 Å². The maximum atomic E-state index is 12.6. The van der Waals surface area contributed by atoms with E-state index < -0.39 is 0 Å². The molecule has 0 bridgehead atoms. The minimum Gasteiger partial charge on any atom is -0.508 e. The molecular formula is C16H21N3O2. The molecule has 1 aromatic carbocycles. The highest BCUT2D eigenvalue weighted by Gasteiger charge is 2.23. The summed E-state index contributed by atoms with van der Waals surface area (Å²) < 4.78 is 1.83. The first-order chi connectivity index (χ1) is 9.95. The molecule has 112 valence electrons. The van der Waals surface area contributed by atoms with Crippen molar-refractivity contribution in [3.05, 3.63) is 47.8 Å². The fraction of sp³-hybridized carbons (Fsp3) is 0.312. The Hall–Kier alpha value is -2.43. The molecule has 0 radical (unpaired) electrons. The number of para-hydroxylation sites is 1. The van der Waals surface area contributed by atoms with Gasteiger partial charge in [0.2, 0.25) is 0 Å². The van der Waals surface area contributed by atoms with Gasteiger partial charge in [0.15, 0.2) is 0 Å². The van der Waals surface area contributed by atoms with Gasteiger partial charge < -0.3 is 20.3 Å². The lowest BCUT2D eigenvalue weighted by Crippen LogP contribution is -2.31. The van der Waals surface area contributed by atoms with Crippen molar-refractivity contribution in [2.75, 3.05) is 12.8 Å². The lowest BCUT2D eigenvalue weighted by Gasteiger charge is -2.26. The Morgan fingerprint density at radius 2 is 2.10 bits per heavy atom. The zero-order valence-corrected chi connectivity index (χ0v) is 12.6. The van der Waals surface area contributed by atoms with Crippen molar-refractivity contribution in [1.82, 2.24) is 9.47 Å².